The second-order valence-corrected chi connectivity index (χ2v) is 6.21. The summed E-state index contributed by atoms with van der Waals surface area (Å²) >= 11 is 0. The summed E-state index contributed by atoms with van der Waals surface area (Å²) in [5, 5.41) is 3.22. The first kappa shape index (κ1) is 20.3. The van der Waals surface area contributed by atoms with Gasteiger partial charge in [0, 0.05) is 17.5 Å². The Kier molecular flexibility index (Phi) is 6.39. The molecule has 3 rings (SSSR count). The molecule has 0 bridgehead atoms. The molecule has 0 radical (unpaired) electrons. The van der Waals surface area contributed by atoms with Crippen molar-refractivity contribution in [3.63, 3.8) is 0 Å². The predicted octanol–water partition coefficient (Wildman–Crippen LogP) is 4.62. The van der Waals surface area contributed by atoms with Crippen LogP contribution in [0.4, 0.5) is 11.6 Å². The van der Waals surface area contributed by atoms with Gasteiger partial charge in [0.05, 0.1) is 27.9 Å². The van der Waals surface area contributed by atoms with Crippen LogP contribution in [0.15, 0.2) is 42.6 Å². The zero-order chi connectivity index (χ0) is 20.8. The number of rotatable bonds is 8. The Morgan fingerprint density at radius 1 is 0.897 bits per heavy atom. The molecule has 1 N–H and O–H groups in total. The molecule has 7 heteroatoms. The Labute approximate surface area is 170 Å². The van der Waals surface area contributed by atoms with Crippen molar-refractivity contribution in [2.24, 2.45) is 0 Å². The molecule has 0 spiro atoms. The summed E-state index contributed by atoms with van der Waals surface area (Å²) in [5.41, 5.74) is 2.64. The molecule has 0 amide bonds. The SMILES string of the molecule is CCOc1cc(-c2cc(OC)c(OC)c(OC)c2)cnc1Nc1cccc(C)n1. The van der Waals surface area contributed by atoms with E-state index in [4.69, 9.17) is 18.9 Å². The Balaban J connectivity index is 2.02. The van der Waals surface area contributed by atoms with E-state index in [2.05, 4.69) is 15.3 Å². The van der Waals surface area contributed by atoms with Crippen LogP contribution in [0.1, 0.15) is 12.6 Å². The van der Waals surface area contributed by atoms with E-state index in [-0.39, 0.29) is 0 Å². The van der Waals surface area contributed by atoms with E-state index in [1.165, 1.54) is 0 Å². The topological polar surface area (TPSA) is 74.7 Å². The van der Waals surface area contributed by atoms with Gasteiger partial charge in [-0.15, -0.1) is 0 Å². The van der Waals surface area contributed by atoms with Gasteiger partial charge in [-0.05, 0) is 49.7 Å². The van der Waals surface area contributed by atoms with Gasteiger partial charge in [-0.25, -0.2) is 9.97 Å². The van der Waals surface area contributed by atoms with E-state index in [0.717, 1.165) is 16.8 Å². The highest BCUT2D eigenvalue weighted by molar-refractivity contribution is 5.74. The molecule has 3 aromatic rings. The molecule has 29 heavy (non-hydrogen) atoms. The molecule has 0 fully saturated rings. The lowest BCUT2D eigenvalue weighted by atomic mass is 10.1. The second-order valence-electron chi connectivity index (χ2n) is 6.21. The molecule has 152 valence electrons. The van der Waals surface area contributed by atoms with Crippen LogP contribution in [0, 0.1) is 6.92 Å². The molecule has 0 aliphatic rings. The van der Waals surface area contributed by atoms with Gasteiger partial charge in [0.1, 0.15) is 5.82 Å². The maximum absolute atomic E-state index is 5.82. The minimum atomic E-state index is 0.510. The van der Waals surface area contributed by atoms with Crippen molar-refractivity contribution in [1.82, 2.24) is 9.97 Å². The fraction of sp³-hybridized carbons (Fsp3) is 0.273. The quantitative estimate of drug-likeness (QED) is 0.596. The molecule has 2 heterocycles. The minimum Gasteiger partial charge on any atom is -0.493 e. The van der Waals surface area contributed by atoms with E-state index in [9.17, 15) is 0 Å². The van der Waals surface area contributed by atoms with E-state index >= 15 is 0 Å². The van der Waals surface area contributed by atoms with Gasteiger partial charge in [-0.1, -0.05) is 6.07 Å². The number of aromatic nitrogens is 2. The van der Waals surface area contributed by atoms with Crippen LogP contribution in [0.5, 0.6) is 23.0 Å². The highest BCUT2D eigenvalue weighted by Gasteiger charge is 2.16. The van der Waals surface area contributed by atoms with Gasteiger partial charge in [-0.2, -0.15) is 0 Å². The number of ether oxygens (including phenoxy) is 4. The number of nitrogens with zero attached hydrogens (tertiary/aromatic N) is 2. The fourth-order valence-electron chi connectivity index (χ4n) is 2.94. The maximum atomic E-state index is 5.82. The molecule has 0 saturated carbocycles. The zero-order valence-electron chi connectivity index (χ0n) is 17.3. The summed E-state index contributed by atoms with van der Waals surface area (Å²) in [6.07, 6.45) is 1.77. The van der Waals surface area contributed by atoms with E-state index in [1.54, 1.807) is 27.5 Å². The predicted molar refractivity (Wildman–Crippen MR) is 113 cm³/mol. The van der Waals surface area contributed by atoms with E-state index in [0.29, 0.717) is 41.2 Å². The number of methoxy groups -OCH3 is 3. The van der Waals surface area contributed by atoms with Crippen LogP contribution in [0.2, 0.25) is 0 Å². The van der Waals surface area contributed by atoms with Crippen LogP contribution in [-0.4, -0.2) is 37.9 Å². The smallest absolute Gasteiger partial charge is 0.203 e. The number of hydrogen-bond acceptors (Lipinski definition) is 7. The molecule has 0 aliphatic heterocycles. The molecule has 0 saturated heterocycles. The van der Waals surface area contributed by atoms with Gasteiger partial charge in [-0.3, -0.25) is 0 Å². The molecular formula is C22H25N3O4. The second kappa shape index (κ2) is 9.14. The summed E-state index contributed by atoms with van der Waals surface area (Å²) in [6.45, 7) is 4.38. The third-order valence-corrected chi connectivity index (χ3v) is 4.29. The average molecular weight is 395 g/mol. The third kappa shape index (κ3) is 4.51. The Morgan fingerprint density at radius 3 is 2.17 bits per heavy atom. The number of hydrogen-bond donors (Lipinski definition) is 1. The first-order valence-corrected chi connectivity index (χ1v) is 9.23. The molecule has 7 nitrogen and oxygen atoms in total. The molecule has 0 unspecified atom stereocenters. The zero-order valence-corrected chi connectivity index (χ0v) is 17.3. The normalized spacial score (nSPS) is 10.4. The largest absolute Gasteiger partial charge is 0.493 e. The molecular weight excluding hydrogens is 370 g/mol. The lowest BCUT2D eigenvalue weighted by molar-refractivity contribution is 0.324. The van der Waals surface area contributed by atoms with Crippen molar-refractivity contribution < 1.29 is 18.9 Å². The van der Waals surface area contributed by atoms with Crippen LogP contribution < -0.4 is 24.3 Å². The van der Waals surface area contributed by atoms with Crippen molar-refractivity contribution >= 4 is 11.6 Å². The monoisotopic (exact) mass is 395 g/mol. The number of nitrogens with one attached hydrogen (secondary N) is 1. The summed E-state index contributed by atoms with van der Waals surface area (Å²) in [4.78, 5) is 9.02. The van der Waals surface area contributed by atoms with Crippen molar-refractivity contribution in [2.75, 3.05) is 33.3 Å². The minimum absolute atomic E-state index is 0.510. The van der Waals surface area contributed by atoms with Crippen molar-refractivity contribution in [2.45, 2.75) is 13.8 Å². The van der Waals surface area contributed by atoms with Crippen LogP contribution >= 0.6 is 0 Å². The van der Waals surface area contributed by atoms with Crippen molar-refractivity contribution in [1.29, 1.82) is 0 Å². The standard InChI is InChI=1S/C22H25N3O4/c1-6-29-19-12-16(13-23-22(19)25-20-9-7-8-14(2)24-20)15-10-17(26-3)21(28-5)18(11-15)27-4/h7-13H,6H2,1-5H3,(H,23,24,25). The number of benzene rings is 1. The fourth-order valence-corrected chi connectivity index (χ4v) is 2.94. The Bertz CT molecular complexity index is 967. The van der Waals surface area contributed by atoms with Gasteiger partial charge >= 0.3 is 0 Å². The lowest BCUT2D eigenvalue weighted by Crippen LogP contribution is -2.02. The number of anilines is 2. The summed E-state index contributed by atoms with van der Waals surface area (Å²) in [5.74, 6) is 3.62. The summed E-state index contributed by atoms with van der Waals surface area (Å²) in [6, 6.07) is 11.4. The Hall–Kier alpha value is -3.48. The number of pyridine rings is 2. The highest BCUT2D eigenvalue weighted by atomic mass is 16.5. The van der Waals surface area contributed by atoms with Crippen molar-refractivity contribution in [3.05, 3.63) is 48.3 Å². The van der Waals surface area contributed by atoms with Gasteiger partial charge in [0.2, 0.25) is 5.75 Å². The van der Waals surface area contributed by atoms with E-state index < -0.39 is 0 Å². The first-order chi connectivity index (χ1) is 14.1. The third-order valence-electron chi connectivity index (χ3n) is 4.29. The molecule has 0 aliphatic carbocycles. The summed E-state index contributed by atoms with van der Waals surface area (Å²) in [7, 11) is 4.76. The van der Waals surface area contributed by atoms with E-state index in [1.807, 2.05) is 50.2 Å². The molecule has 0 atom stereocenters. The maximum Gasteiger partial charge on any atom is 0.203 e. The van der Waals surface area contributed by atoms with Crippen LogP contribution in [0.3, 0.4) is 0 Å². The van der Waals surface area contributed by atoms with Gasteiger partial charge in [0.25, 0.3) is 0 Å². The molecule has 1 aromatic carbocycles. The van der Waals surface area contributed by atoms with Crippen molar-refractivity contribution in [3.8, 4) is 34.1 Å². The Morgan fingerprint density at radius 2 is 1.59 bits per heavy atom. The van der Waals surface area contributed by atoms with Gasteiger partial charge in [0.15, 0.2) is 23.1 Å². The lowest BCUT2D eigenvalue weighted by Gasteiger charge is -2.16. The van der Waals surface area contributed by atoms with Crippen LogP contribution in [0.25, 0.3) is 11.1 Å². The summed E-state index contributed by atoms with van der Waals surface area (Å²) < 4.78 is 22.1. The highest BCUT2D eigenvalue weighted by Crippen LogP contribution is 2.42. The molecule has 2 aromatic heterocycles. The van der Waals surface area contributed by atoms with Gasteiger partial charge < -0.3 is 24.3 Å². The first-order valence-electron chi connectivity index (χ1n) is 9.23. The average Bonchev–Trinajstić information content (AvgIpc) is 2.74. The number of aryl methyl sites for hydroxylation is 1. The van der Waals surface area contributed by atoms with Crippen LogP contribution in [-0.2, 0) is 0 Å².